The molecule has 0 amide bonds. The number of nitrogens with two attached hydrogens (primary N) is 1. The lowest BCUT2D eigenvalue weighted by Crippen LogP contribution is -2.40. The second kappa shape index (κ2) is 4.92. The first-order valence-corrected chi connectivity index (χ1v) is 7.77. The van der Waals surface area contributed by atoms with Gasteiger partial charge in [-0.25, -0.2) is 15.0 Å². The minimum atomic E-state index is -0.0987. The molecule has 3 heterocycles. The molecule has 2 aromatic heterocycles. The predicted molar refractivity (Wildman–Crippen MR) is 81.7 cm³/mol. The van der Waals surface area contributed by atoms with Gasteiger partial charge in [0.1, 0.15) is 11.8 Å². The Kier molecular flexibility index (Phi) is 3.01. The lowest BCUT2D eigenvalue weighted by atomic mass is 9.69. The minimum absolute atomic E-state index is 0.0987. The zero-order valence-electron chi connectivity index (χ0n) is 12.4. The summed E-state index contributed by atoms with van der Waals surface area (Å²) in [6.45, 7) is 2.86. The number of nitriles is 1. The van der Waals surface area contributed by atoms with Gasteiger partial charge in [-0.3, -0.25) is 4.90 Å². The van der Waals surface area contributed by atoms with Crippen LogP contribution in [0, 0.1) is 16.7 Å². The molecule has 0 bridgehead atoms. The van der Waals surface area contributed by atoms with E-state index in [0.717, 1.165) is 44.5 Å². The van der Waals surface area contributed by atoms with Crippen LogP contribution in [0.25, 0.3) is 11.2 Å². The Hall–Kier alpha value is -2.20. The molecule has 1 unspecified atom stereocenters. The molecule has 0 radical (unpaired) electrons. The number of nitrogens with zero attached hydrogens (tertiary/aromatic N) is 6. The highest BCUT2D eigenvalue weighted by atomic mass is 15.2. The molecule has 2 aliphatic rings. The van der Waals surface area contributed by atoms with E-state index in [-0.39, 0.29) is 5.41 Å². The molecule has 4 rings (SSSR count). The van der Waals surface area contributed by atoms with Crippen molar-refractivity contribution in [3.8, 4) is 6.07 Å². The summed E-state index contributed by atoms with van der Waals surface area (Å²) < 4.78 is 2.10. The molecule has 7 nitrogen and oxygen atoms in total. The zero-order chi connectivity index (χ0) is 15.2. The van der Waals surface area contributed by atoms with Gasteiger partial charge in [-0.05, 0) is 19.3 Å². The van der Waals surface area contributed by atoms with Crippen molar-refractivity contribution >= 4 is 17.0 Å². The summed E-state index contributed by atoms with van der Waals surface area (Å²) in [7, 11) is 0. The molecule has 0 aromatic carbocycles. The second-order valence-electron chi connectivity index (χ2n) is 6.51. The number of hydrogen-bond donors (Lipinski definition) is 1. The van der Waals surface area contributed by atoms with E-state index < -0.39 is 0 Å². The number of likely N-dealkylation sites (tertiary alicyclic amines) is 1. The summed E-state index contributed by atoms with van der Waals surface area (Å²) in [5, 5.41) is 9.40. The molecule has 22 heavy (non-hydrogen) atoms. The first-order chi connectivity index (χ1) is 10.7. The maximum absolute atomic E-state index is 9.40. The standard InChI is InChI=1S/C15H19N7/c16-7-15(3-1-4-15)8-21-5-2-11(6-21)22-10-20-12-13(17)18-9-19-14(12)22/h9-11H,1-6,8H2,(H2,17,18,19). The Morgan fingerprint density at radius 1 is 1.36 bits per heavy atom. The largest absolute Gasteiger partial charge is 0.382 e. The van der Waals surface area contributed by atoms with Crippen molar-refractivity contribution < 1.29 is 0 Å². The van der Waals surface area contributed by atoms with Crippen LogP contribution in [0.5, 0.6) is 0 Å². The molecule has 0 spiro atoms. The van der Waals surface area contributed by atoms with Crippen LogP contribution < -0.4 is 5.73 Å². The highest BCUT2D eigenvalue weighted by Gasteiger charge is 2.40. The van der Waals surface area contributed by atoms with Crippen molar-refractivity contribution in [1.29, 1.82) is 5.26 Å². The Bertz CT molecular complexity index is 740. The van der Waals surface area contributed by atoms with Gasteiger partial charge in [0.05, 0.1) is 23.9 Å². The van der Waals surface area contributed by atoms with Crippen LogP contribution in [0.2, 0.25) is 0 Å². The second-order valence-corrected chi connectivity index (χ2v) is 6.51. The molecule has 7 heteroatoms. The summed E-state index contributed by atoms with van der Waals surface area (Å²) in [5.41, 5.74) is 7.23. The van der Waals surface area contributed by atoms with Gasteiger partial charge in [-0.2, -0.15) is 5.26 Å². The Balaban J connectivity index is 1.52. The van der Waals surface area contributed by atoms with Gasteiger partial charge in [-0.15, -0.1) is 0 Å². The van der Waals surface area contributed by atoms with Crippen LogP contribution in [-0.4, -0.2) is 44.1 Å². The van der Waals surface area contributed by atoms with Crippen molar-refractivity contribution in [2.45, 2.75) is 31.7 Å². The quantitative estimate of drug-likeness (QED) is 0.918. The normalized spacial score (nSPS) is 24.2. The summed E-state index contributed by atoms with van der Waals surface area (Å²) in [4.78, 5) is 15.1. The van der Waals surface area contributed by atoms with Gasteiger partial charge in [0.15, 0.2) is 11.5 Å². The lowest BCUT2D eigenvalue weighted by molar-refractivity contribution is 0.135. The molecule has 1 atom stereocenters. The van der Waals surface area contributed by atoms with Gasteiger partial charge >= 0.3 is 0 Å². The number of aromatic nitrogens is 4. The summed E-state index contributed by atoms with van der Waals surface area (Å²) in [6, 6.07) is 2.87. The minimum Gasteiger partial charge on any atom is -0.382 e. The van der Waals surface area contributed by atoms with Gasteiger partial charge in [0, 0.05) is 19.6 Å². The molecule has 1 saturated heterocycles. The van der Waals surface area contributed by atoms with Crippen LogP contribution in [-0.2, 0) is 0 Å². The SMILES string of the molecule is N#CC1(CN2CCC(n3cnc4c(N)ncnc43)C2)CCC1. The van der Waals surface area contributed by atoms with Crippen molar-refractivity contribution in [2.75, 3.05) is 25.4 Å². The fourth-order valence-corrected chi connectivity index (χ4v) is 3.66. The third-order valence-corrected chi connectivity index (χ3v) is 5.10. The molecule has 2 N–H and O–H groups in total. The van der Waals surface area contributed by atoms with Crippen molar-refractivity contribution in [3.63, 3.8) is 0 Å². The predicted octanol–water partition coefficient (Wildman–Crippen LogP) is 1.35. The number of rotatable bonds is 3. The zero-order valence-corrected chi connectivity index (χ0v) is 12.4. The molecule has 1 saturated carbocycles. The Labute approximate surface area is 128 Å². The fourth-order valence-electron chi connectivity index (χ4n) is 3.66. The first kappa shape index (κ1) is 13.5. The number of anilines is 1. The number of hydrogen-bond acceptors (Lipinski definition) is 6. The third-order valence-electron chi connectivity index (χ3n) is 5.10. The first-order valence-electron chi connectivity index (χ1n) is 7.77. The molecular formula is C15H19N7. The van der Waals surface area contributed by atoms with Gasteiger partial charge in [0.25, 0.3) is 0 Å². The molecule has 2 fully saturated rings. The molecule has 1 aliphatic heterocycles. The van der Waals surface area contributed by atoms with E-state index >= 15 is 0 Å². The van der Waals surface area contributed by atoms with E-state index in [0.29, 0.717) is 17.4 Å². The van der Waals surface area contributed by atoms with Crippen LogP contribution in [0.3, 0.4) is 0 Å². The van der Waals surface area contributed by atoms with Crippen molar-refractivity contribution in [3.05, 3.63) is 12.7 Å². The average Bonchev–Trinajstić information content (AvgIpc) is 3.09. The van der Waals surface area contributed by atoms with E-state index in [2.05, 4.69) is 30.5 Å². The Morgan fingerprint density at radius 2 is 2.23 bits per heavy atom. The maximum atomic E-state index is 9.40. The fraction of sp³-hybridized carbons (Fsp3) is 0.600. The monoisotopic (exact) mass is 297 g/mol. The highest BCUT2D eigenvalue weighted by Crippen LogP contribution is 2.42. The van der Waals surface area contributed by atoms with E-state index in [1.807, 2.05) is 6.33 Å². The van der Waals surface area contributed by atoms with E-state index in [1.54, 1.807) is 0 Å². The molecule has 1 aliphatic carbocycles. The third kappa shape index (κ3) is 2.03. The maximum Gasteiger partial charge on any atom is 0.165 e. The summed E-state index contributed by atoms with van der Waals surface area (Å²) in [5.74, 6) is 0.427. The van der Waals surface area contributed by atoms with E-state index in [4.69, 9.17) is 5.73 Å². The van der Waals surface area contributed by atoms with Crippen molar-refractivity contribution in [2.24, 2.45) is 5.41 Å². The van der Waals surface area contributed by atoms with Crippen LogP contribution in [0.15, 0.2) is 12.7 Å². The van der Waals surface area contributed by atoms with Crippen LogP contribution in [0.1, 0.15) is 31.7 Å². The average molecular weight is 297 g/mol. The van der Waals surface area contributed by atoms with Crippen LogP contribution >= 0.6 is 0 Å². The molecule has 2 aromatic rings. The van der Waals surface area contributed by atoms with Gasteiger partial charge in [0.2, 0.25) is 0 Å². The number of fused-ring (bicyclic) bond motifs is 1. The number of imidazole rings is 1. The van der Waals surface area contributed by atoms with Crippen LogP contribution in [0.4, 0.5) is 5.82 Å². The molecule has 114 valence electrons. The molecular weight excluding hydrogens is 278 g/mol. The topological polar surface area (TPSA) is 96.7 Å². The lowest BCUT2D eigenvalue weighted by Gasteiger charge is -2.38. The highest BCUT2D eigenvalue weighted by molar-refractivity contribution is 5.81. The van der Waals surface area contributed by atoms with E-state index in [9.17, 15) is 5.26 Å². The van der Waals surface area contributed by atoms with Gasteiger partial charge in [-0.1, -0.05) is 6.42 Å². The summed E-state index contributed by atoms with van der Waals surface area (Å²) >= 11 is 0. The smallest absolute Gasteiger partial charge is 0.165 e. The summed E-state index contributed by atoms with van der Waals surface area (Å²) in [6.07, 6.45) is 7.63. The van der Waals surface area contributed by atoms with E-state index in [1.165, 1.54) is 12.7 Å². The number of nitrogen functional groups attached to an aromatic ring is 1. The Morgan fingerprint density at radius 3 is 2.95 bits per heavy atom. The van der Waals surface area contributed by atoms with Gasteiger partial charge < -0.3 is 10.3 Å². The van der Waals surface area contributed by atoms with Crippen molar-refractivity contribution in [1.82, 2.24) is 24.4 Å².